The van der Waals surface area contributed by atoms with E-state index in [0.29, 0.717) is 27.7 Å². The molecule has 0 saturated carbocycles. The summed E-state index contributed by atoms with van der Waals surface area (Å²) >= 11 is 5.88. The molecule has 0 amide bonds. The number of rotatable bonds is 3. The molecule has 4 aromatic rings. The number of hydrogen-bond donors (Lipinski definition) is 1. The van der Waals surface area contributed by atoms with Crippen LogP contribution in [0.4, 0.5) is 0 Å². The van der Waals surface area contributed by atoms with Crippen molar-refractivity contribution in [1.82, 2.24) is 15.1 Å². The molecule has 0 atom stereocenters. The van der Waals surface area contributed by atoms with Gasteiger partial charge in [0, 0.05) is 21.5 Å². The molecule has 0 aliphatic carbocycles. The normalized spacial score (nSPS) is 11.0. The van der Waals surface area contributed by atoms with Crippen molar-refractivity contribution < 1.29 is 9.26 Å². The second-order valence-corrected chi connectivity index (χ2v) is 5.83. The highest BCUT2D eigenvalue weighted by molar-refractivity contribution is 6.30. The first-order valence-electron chi connectivity index (χ1n) is 7.45. The average Bonchev–Trinajstić information content (AvgIpc) is 3.11. The maximum atomic E-state index is 12.4. The monoisotopic (exact) mass is 353 g/mol. The van der Waals surface area contributed by atoms with Crippen LogP contribution < -0.4 is 10.3 Å². The minimum absolute atomic E-state index is 0.218. The van der Waals surface area contributed by atoms with Crippen LogP contribution in [-0.2, 0) is 0 Å². The quantitative estimate of drug-likeness (QED) is 0.604. The molecule has 0 fully saturated rings. The standard InChI is InChI=1S/C18H12ClN3O3/c1-24-13-6-7-15-11(8-13)9-14(17(23)20-15)16-21-18(25-22-16)10-2-4-12(19)5-3-10/h2-9H,1H3,(H,20,23). The van der Waals surface area contributed by atoms with E-state index in [1.165, 1.54) is 0 Å². The molecule has 0 bridgehead atoms. The largest absolute Gasteiger partial charge is 0.497 e. The lowest BCUT2D eigenvalue weighted by atomic mass is 10.1. The number of benzene rings is 2. The van der Waals surface area contributed by atoms with E-state index in [4.69, 9.17) is 20.9 Å². The summed E-state index contributed by atoms with van der Waals surface area (Å²) in [7, 11) is 1.59. The van der Waals surface area contributed by atoms with Crippen LogP contribution >= 0.6 is 11.6 Å². The van der Waals surface area contributed by atoms with Crippen molar-refractivity contribution in [2.75, 3.05) is 7.11 Å². The zero-order valence-corrected chi connectivity index (χ0v) is 13.9. The van der Waals surface area contributed by atoms with E-state index in [0.717, 1.165) is 10.9 Å². The first kappa shape index (κ1) is 15.4. The number of hydrogen-bond acceptors (Lipinski definition) is 5. The van der Waals surface area contributed by atoms with Crippen LogP contribution in [0.1, 0.15) is 0 Å². The number of H-pyrrole nitrogens is 1. The lowest BCUT2D eigenvalue weighted by Crippen LogP contribution is -2.09. The van der Waals surface area contributed by atoms with E-state index in [9.17, 15) is 4.79 Å². The predicted molar refractivity (Wildman–Crippen MR) is 94.9 cm³/mol. The van der Waals surface area contributed by atoms with Crippen LogP contribution in [0.15, 0.2) is 57.8 Å². The third-order valence-corrected chi connectivity index (χ3v) is 4.06. The molecule has 124 valence electrons. The molecule has 0 saturated heterocycles. The number of halogens is 1. The Kier molecular flexibility index (Phi) is 3.74. The van der Waals surface area contributed by atoms with Crippen molar-refractivity contribution in [1.29, 1.82) is 0 Å². The highest BCUT2D eigenvalue weighted by Gasteiger charge is 2.14. The molecule has 0 spiro atoms. The van der Waals surface area contributed by atoms with Gasteiger partial charge in [-0.15, -0.1) is 0 Å². The third kappa shape index (κ3) is 2.88. The van der Waals surface area contributed by atoms with E-state index in [-0.39, 0.29) is 11.4 Å². The molecule has 0 aliphatic heterocycles. The minimum Gasteiger partial charge on any atom is -0.497 e. The molecule has 4 rings (SSSR count). The lowest BCUT2D eigenvalue weighted by molar-refractivity contribution is 0.415. The van der Waals surface area contributed by atoms with E-state index in [1.807, 2.05) is 6.07 Å². The van der Waals surface area contributed by atoms with Crippen molar-refractivity contribution in [2.24, 2.45) is 0 Å². The molecule has 2 aromatic heterocycles. The highest BCUT2D eigenvalue weighted by Crippen LogP contribution is 2.24. The molecule has 25 heavy (non-hydrogen) atoms. The van der Waals surface area contributed by atoms with E-state index in [1.54, 1.807) is 49.6 Å². The lowest BCUT2D eigenvalue weighted by Gasteiger charge is -2.03. The average molecular weight is 354 g/mol. The molecular formula is C18H12ClN3O3. The first-order chi connectivity index (χ1) is 12.1. The molecule has 0 aliphatic rings. The van der Waals surface area contributed by atoms with Gasteiger partial charge in [0.1, 0.15) is 5.75 Å². The Morgan fingerprint density at radius 3 is 2.68 bits per heavy atom. The third-order valence-electron chi connectivity index (χ3n) is 3.81. The van der Waals surface area contributed by atoms with Crippen LogP contribution in [0.5, 0.6) is 5.75 Å². The molecule has 1 N–H and O–H groups in total. The predicted octanol–water partition coefficient (Wildman–Crippen LogP) is 3.91. The minimum atomic E-state index is -0.291. The number of ether oxygens (including phenoxy) is 1. The maximum Gasteiger partial charge on any atom is 0.259 e. The van der Waals surface area contributed by atoms with Gasteiger partial charge in [-0.25, -0.2) is 0 Å². The van der Waals surface area contributed by atoms with E-state index < -0.39 is 0 Å². The van der Waals surface area contributed by atoms with Gasteiger partial charge >= 0.3 is 0 Å². The summed E-state index contributed by atoms with van der Waals surface area (Å²) in [6.07, 6.45) is 0. The van der Waals surface area contributed by atoms with Crippen LogP contribution in [-0.4, -0.2) is 22.2 Å². The molecular weight excluding hydrogens is 342 g/mol. The molecule has 0 unspecified atom stereocenters. The SMILES string of the molecule is COc1ccc2[nH]c(=O)c(-c3noc(-c4ccc(Cl)cc4)n3)cc2c1. The summed E-state index contributed by atoms with van der Waals surface area (Å²) in [5, 5.41) is 5.35. The number of nitrogens with one attached hydrogen (secondary N) is 1. The Labute approximate surface area is 147 Å². The van der Waals surface area contributed by atoms with Gasteiger partial charge in [-0.3, -0.25) is 4.79 Å². The van der Waals surface area contributed by atoms with Gasteiger partial charge in [0.25, 0.3) is 11.4 Å². The van der Waals surface area contributed by atoms with Gasteiger partial charge in [0.15, 0.2) is 0 Å². The Morgan fingerprint density at radius 1 is 1.12 bits per heavy atom. The summed E-state index contributed by atoms with van der Waals surface area (Å²) in [6, 6.07) is 14.1. The molecule has 6 nitrogen and oxygen atoms in total. The topological polar surface area (TPSA) is 81.0 Å². The van der Waals surface area contributed by atoms with Crippen LogP contribution in [0.3, 0.4) is 0 Å². The Balaban J connectivity index is 1.80. The van der Waals surface area contributed by atoms with Crippen molar-refractivity contribution in [3.05, 3.63) is 63.9 Å². The maximum absolute atomic E-state index is 12.4. The van der Waals surface area contributed by atoms with Gasteiger partial charge in [-0.05, 0) is 48.5 Å². The summed E-state index contributed by atoms with van der Waals surface area (Å²) in [5.74, 6) is 1.23. The van der Waals surface area contributed by atoms with Crippen LogP contribution in [0.25, 0.3) is 33.7 Å². The number of aromatic nitrogens is 3. The number of nitrogens with zero attached hydrogens (tertiary/aromatic N) is 2. The highest BCUT2D eigenvalue weighted by atomic mass is 35.5. The Bertz CT molecular complexity index is 1120. The van der Waals surface area contributed by atoms with Gasteiger partial charge < -0.3 is 14.2 Å². The van der Waals surface area contributed by atoms with Gasteiger partial charge in [0.05, 0.1) is 12.7 Å². The summed E-state index contributed by atoms with van der Waals surface area (Å²) in [4.78, 5) is 19.5. The zero-order chi connectivity index (χ0) is 17.4. The van der Waals surface area contributed by atoms with Gasteiger partial charge in [-0.1, -0.05) is 16.8 Å². The summed E-state index contributed by atoms with van der Waals surface area (Å²) in [5.41, 5.74) is 1.46. The fourth-order valence-corrected chi connectivity index (χ4v) is 2.65. The number of fused-ring (bicyclic) bond motifs is 1. The number of pyridine rings is 1. The van der Waals surface area contributed by atoms with Gasteiger partial charge in [0.2, 0.25) is 5.82 Å². The molecule has 7 heteroatoms. The zero-order valence-electron chi connectivity index (χ0n) is 13.1. The number of aromatic amines is 1. The van der Waals surface area contributed by atoms with Crippen LogP contribution in [0.2, 0.25) is 5.02 Å². The van der Waals surface area contributed by atoms with Crippen LogP contribution in [0, 0.1) is 0 Å². The van der Waals surface area contributed by atoms with E-state index >= 15 is 0 Å². The fourth-order valence-electron chi connectivity index (χ4n) is 2.52. The molecule has 0 radical (unpaired) electrons. The fraction of sp³-hybridized carbons (Fsp3) is 0.0556. The summed E-state index contributed by atoms with van der Waals surface area (Å²) in [6.45, 7) is 0. The Hall–Kier alpha value is -3.12. The summed E-state index contributed by atoms with van der Waals surface area (Å²) < 4.78 is 10.5. The number of methoxy groups -OCH3 is 1. The van der Waals surface area contributed by atoms with Gasteiger partial charge in [-0.2, -0.15) is 4.98 Å². The second-order valence-electron chi connectivity index (χ2n) is 5.40. The molecule has 2 heterocycles. The smallest absolute Gasteiger partial charge is 0.259 e. The van der Waals surface area contributed by atoms with Crippen molar-refractivity contribution in [3.63, 3.8) is 0 Å². The van der Waals surface area contributed by atoms with Crippen molar-refractivity contribution in [3.8, 4) is 28.6 Å². The van der Waals surface area contributed by atoms with Crippen molar-refractivity contribution in [2.45, 2.75) is 0 Å². The molecule has 2 aromatic carbocycles. The first-order valence-corrected chi connectivity index (χ1v) is 7.83. The Morgan fingerprint density at radius 2 is 1.92 bits per heavy atom. The second kappa shape index (κ2) is 6.07. The van der Waals surface area contributed by atoms with E-state index in [2.05, 4.69) is 15.1 Å². The van der Waals surface area contributed by atoms with Crippen molar-refractivity contribution >= 4 is 22.5 Å².